The largest absolute Gasteiger partial charge is 0.494 e. The van der Waals surface area contributed by atoms with E-state index in [0.717, 1.165) is 83.5 Å². The summed E-state index contributed by atoms with van der Waals surface area (Å²) in [7, 11) is 1.72. The molecule has 0 radical (unpaired) electrons. The van der Waals surface area contributed by atoms with E-state index < -0.39 is 90.5 Å². The molecule has 0 aliphatic heterocycles. The molecule has 0 bridgehead atoms. The zero-order chi connectivity index (χ0) is 104. The predicted molar refractivity (Wildman–Crippen MR) is 532 cm³/mol. The molecule has 0 aliphatic rings. The van der Waals surface area contributed by atoms with Gasteiger partial charge >= 0.3 is 35.8 Å². The molecular formula is C101H168N8O35. The van der Waals surface area contributed by atoms with E-state index in [0.29, 0.717) is 102 Å². The summed E-state index contributed by atoms with van der Waals surface area (Å²) in [6.45, 7) is 6.05. The summed E-state index contributed by atoms with van der Waals surface area (Å²) in [5, 5.41) is 86.1. The molecule has 0 aromatic heterocycles. The number of amides is 7. The van der Waals surface area contributed by atoms with Gasteiger partial charge in [0.05, 0.1) is 115 Å². The molecule has 0 unspecified atom stereocenters. The van der Waals surface area contributed by atoms with Gasteiger partial charge in [-0.2, -0.15) is 0 Å². The molecule has 43 heteroatoms. The Morgan fingerprint density at radius 3 is 1.04 bits per heavy atom. The lowest BCUT2D eigenvalue weighted by molar-refractivity contribution is -0.145. The lowest BCUT2D eigenvalue weighted by atomic mass is 9.94. The minimum Gasteiger partial charge on any atom is -0.494 e. The number of unbranched alkanes of at least 4 members (excludes halogenated alkanes) is 14. The Balaban J connectivity index is -0.00000271. The summed E-state index contributed by atoms with van der Waals surface area (Å²) in [6.07, 6.45) is 17.6. The molecule has 7 amide bonds. The van der Waals surface area contributed by atoms with Gasteiger partial charge in [0.15, 0.2) is 17.3 Å². The van der Waals surface area contributed by atoms with Crippen LogP contribution in [0.15, 0.2) is 48.5 Å². The summed E-state index contributed by atoms with van der Waals surface area (Å²) < 4.78 is 54.0. The molecule has 0 spiro atoms. The second-order valence-corrected chi connectivity index (χ2v) is 33.7. The normalized spacial score (nSPS) is 12.0. The smallest absolute Gasteiger partial charge is 0.335 e. The van der Waals surface area contributed by atoms with Gasteiger partial charge in [0, 0.05) is 103 Å². The number of hydrogen-bond donors (Lipinski definition) is 15. The monoisotopic (exact) mass is 2050 g/mol. The van der Waals surface area contributed by atoms with Crippen molar-refractivity contribution >= 4 is 106 Å². The first kappa shape index (κ1) is 137. The topological polar surface area (TPSA) is 637 Å². The number of carboxylic acid groups (broad SMARTS) is 6. The number of aromatic carboxylic acids is 2. The molecule has 15 N–H and O–H groups in total. The zero-order valence-corrected chi connectivity index (χ0v) is 82.4. The highest BCUT2D eigenvalue weighted by molar-refractivity contribution is 5.90. The molecule has 2 rings (SSSR count). The second kappa shape index (κ2) is 90.8. The number of nitrogens with one attached hydrogen (secondary N) is 8. The van der Waals surface area contributed by atoms with Crippen LogP contribution in [0.2, 0.25) is 0 Å². The van der Waals surface area contributed by atoms with Crippen molar-refractivity contribution in [3.8, 4) is 11.5 Å². The van der Waals surface area contributed by atoms with Crippen molar-refractivity contribution in [3.63, 3.8) is 0 Å². The molecule has 2 aromatic carbocycles. The first-order chi connectivity index (χ1) is 67.8. The molecule has 0 heterocycles. The van der Waals surface area contributed by atoms with Gasteiger partial charge in [-0.25, -0.2) is 19.2 Å². The van der Waals surface area contributed by atoms with Gasteiger partial charge in [-0.15, -0.1) is 0 Å². The minimum absolute atomic E-state index is 0. The van der Waals surface area contributed by atoms with Crippen LogP contribution in [-0.4, -0.2) is 325 Å². The maximum absolute atomic E-state index is 12.5. The summed E-state index contributed by atoms with van der Waals surface area (Å²) >= 11 is 0. The van der Waals surface area contributed by atoms with Crippen molar-refractivity contribution in [2.24, 2.45) is 17.8 Å². The first-order valence-electron chi connectivity index (χ1n) is 49.0. The van der Waals surface area contributed by atoms with E-state index in [2.05, 4.69) is 42.5 Å². The predicted octanol–water partition coefficient (Wildman–Crippen LogP) is 8.42. The fraction of sp³-hybridized carbons (Fsp3) is 0.703. The molecule has 0 fully saturated rings. The van der Waals surface area contributed by atoms with Crippen molar-refractivity contribution < 1.29 is 169 Å². The molecule has 0 saturated heterocycles. The number of ether oxygens (including phenoxy) is 10. The quantitative estimate of drug-likeness (QED) is 0.0276. The van der Waals surface area contributed by atoms with Crippen molar-refractivity contribution in [3.05, 3.63) is 59.7 Å². The minimum atomic E-state index is -1.29. The van der Waals surface area contributed by atoms with Crippen LogP contribution in [0.1, 0.15) is 282 Å². The van der Waals surface area contributed by atoms with Crippen LogP contribution in [0.5, 0.6) is 11.5 Å². The number of Topliss-reactive ketones (excluding diaryl/α,β-unsaturated/α-hetero) is 5. The Hall–Kier alpha value is -10.9. The summed E-state index contributed by atoms with van der Waals surface area (Å²) in [6, 6.07) is 9.88. The molecule has 144 heavy (non-hydrogen) atoms. The van der Waals surface area contributed by atoms with Crippen LogP contribution in [0.4, 0.5) is 0 Å². The van der Waals surface area contributed by atoms with E-state index in [4.69, 9.17) is 62.7 Å². The summed E-state index contributed by atoms with van der Waals surface area (Å²) in [4.78, 5) is 214. The zero-order valence-electron chi connectivity index (χ0n) is 82.4. The van der Waals surface area contributed by atoms with E-state index in [9.17, 15) is 107 Å². The third-order valence-electron chi connectivity index (χ3n) is 22.0. The fourth-order valence-corrected chi connectivity index (χ4v) is 13.8. The molecular weight excluding hydrogens is 1890 g/mol. The van der Waals surface area contributed by atoms with Gasteiger partial charge < -0.3 is 126 Å². The number of likely N-dealkylation sites (N-methyl/N-ethyl adjacent to an activating group) is 1. The molecule has 2 aromatic rings. The van der Waals surface area contributed by atoms with E-state index in [1.54, 1.807) is 31.3 Å². The van der Waals surface area contributed by atoms with E-state index in [1.807, 2.05) is 6.92 Å². The van der Waals surface area contributed by atoms with Gasteiger partial charge in [0.2, 0.25) is 41.4 Å². The second-order valence-electron chi connectivity index (χ2n) is 33.7. The number of hydrogen-bond acceptors (Lipinski definition) is 30. The SMILES string of the molecule is C.C.C.CC[C@@H](CCCCNC(=O)CC[C@H](NC(=O)COCCOCCCC(=O)COCCOCCNC(=O)CC[C@H](CC(=O)CCCCCCCCCOc1ccc(C(=O)O)cc1)C(=O)O)C(=O)O)C(=O)CO.CN[C@@H](CCCCNC(=O)CC[C@H](CC(=O)COCCOCCNC(=O)COCCOCCNC(=O)CC[C@H](NC(=O)CCCCCCCCCOc1ccc(C(=O)O)cc1)C(=O)O)C(=O)O)C(C)=O. The van der Waals surface area contributed by atoms with Gasteiger partial charge in [0.25, 0.3) is 0 Å². The van der Waals surface area contributed by atoms with Crippen molar-refractivity contribution in [2.45, 2.75) is 279 Å². The van der Waals surface area contributed by atoms with E-state index in [-0.39, 0.29) is 294 Å². The highest BCUT2D eigenvalue weighted by atomic mass is 16.5. The van der Waals surface area contributed by atoms with Gasteiger partial charge in [0.1, 0.15) is 68.2 Å². The standard InChI is InChI=1S/C50H79N3O18.C48H77N5O17.3CH4/c1-2-37(44(57)34-54)13-9-10-24-51-46(59)23-21-43(50(65)66)53-47(60)36-70-32-29-67-26-12-15-41(56)35-69-31-30-68-28-25-52-45(58)22-18-39(49(63)64)33-40(55)14-8-6-4-3-5-7-11-27-71-42-19-16-38(17-20-42)48(61)62;1-35(54)40(49-2)12-9-10-22-50-42(56)20-16-37(47(62)63)32-38(55)33-68-30-28-67-27-24-52-45(59)34-69-31-29-66-26-23-51-43(57)21-19-41(48(64)65)53-44(58)13-8-6-4-3-5-7-11-25-70-39-17-14-36(15-18-39)46(60)61;;;/h16-17,19-20,37,39,43,54H,2-15,18,21-36H2,1H3,(H,51,59)(H,52,58)(H,53,60)(H,61,62)(H,63,64)(H,65,66);14-15,17-18,37,40-41,49H,3-13,16,19-34H2,1-2H3,(H,50,56)(H,51,57)(H,52,59)(H,53,58)(H,60,61)(H,62,63)(H,64,65);3*1H4/t37-,39+,43-;37-,40+,41+;;;/m01.../s1. The van der Waals surface area contributed by atoms with Crippen molar-refractivity contribution in [2.75, 3.05) is 165 Å². The number of carbonyl (C=O) groups is 18. The number of carboxylic acids is 6. The van der Waals surface area contributed by atoms with Crippen molar-refractivity contribution in [1.82, 2.24) is 42.5 Å². The molecule has 0 aliphatic carbocycles. The number of aliphatic hydroxyl groups excluding tert-OH is 1. The van der Waals surface area contributed by atoms with E-state index in [1.165, 1.54) is 31.2 Å². The summed E-state index contributed by atoms with van der Waals surface area (Å²) in [5.41, 5.74) is 0.418. The molecule has 822 valence electrons. The first-order valence-corrected chi connectivity index (χ1v) is 49.0. The number of rotatable bonds is 94. The van der Waals surface area contributed by atoms with Gasteiger partial charge in [-0.05, 0) is 159 Å². The fourth-order valence-electron chi connectivity index (χ4n) is 13.8. The Bertz CT molecular complexity index is 3930. The maximum atomic E-state index is 12.5. The van der Waals surface area contributed by atoms with E-state index >= 15 is 0 Å². The highest BCUT2D eigenvalue weighted by Crippen LogP contribution is 2.21. The Morgan fingerprint density at radius 1 is 0.292 bits per heavy atom. The number of aliphatic carboxylic acids is 4. The number of benzene rings is 2. The van der Waals surface area contributed by atoms with Crippen LogP contribution in [0.3, 0.4) is 0 Å². The van der Waals surface area contributed by atoms with Gasteiger partial charge in [-0.3, -0.25) is 67.1 Å². The lowest BCUT2D eigenvalue weighted by Crippen LogP contribution is -2.43. The average molecular weight is 2050 g/mol. The van der Waals surface area contributed by atoms with Crippen LogP contribution >= 0.6 is 0 Å². The molecule has 43 nitrogen and oxygen atoms in total. The summed E-state index contributed by atoms with van der Waals surface area (Å²) in [5.74, 6) is -11.3. The maximum Gasteiger partial charge on any atom is 0.335 e. The number of ketones is 5. The third kappa shape index (κ3) is 77.6. The lowest BCUT2D eigenvalue weighted by Gasteiger charge is -2.15. The van der Waals surface area contributed by atoms with Crippen LogP contribution in [0, 0.1) is 17.8 Å². The molecule has 0 saturated carbocycles. The van der Waals surface area contributed by atoms with Crippen LogP contribution in [0.25, 0.3) is 0 Å². The Morgan fingerprint density at radius 2 is 0.639 bits per heavy atom. The third-order valence-corrected chi connectivity index (χ3v) is 22.0. The van der Waals surface area contributed by atoms with Crippen LogP contribution in [-0.2, 0) is 115 Å². The Labute approximate surface area is 847 Å². The highest BCUT2D eigenvalue weighted by Gasteiger charge is 2.27. The molecule has 6 atom stereocenters. The number of carbonyl (C=O) groups excluding carboxylic acids is 12. The van der Waals surface area contributed by atoms with Crippen LogP contribution < -0.4 is 52.0 Å². The Kier molecular flexibility index (Phi) is 86.6. The van der Waals surface area contributed by atoms with Gasteiger partial charge in [-0.1, -0.05) is 99.8 Å². The average Bonchev–Trinajstić information content (AvgIpc) is 0.897. The number of aliphatic hydroxyl groups is 1. The van der Waals surface area contributed by atoms with Crippen molar-refractivity contribution in [1.29, 1.82) is 0 Å².